The van der Waals surface area contributed by atoms with Crippen LogP contribution in [0.2, 0.25) is 0 Å². The minimum atomic E-state index is -0.0829. The van der Waals surface area contributed by atoms with E-state index in [1.165, 1.54) is 4.68 Å². The number of hydrogen-bond acceptors (Lipinski definition) is 6. The Morgan fingerprint density at radius 2 is 2.20 bits per heavy atom. The molecule has 0 saturated heterocycles. The maximum Gasteiger partial charge on any atom is 0.189 e. The van der Waals surface area contributed by atoms with Crippen LogP contribution in [-0.4, -0.2) is 33.8 Å². The number of ether oxygens (including phenoxy) is 2. The SMILES string of the molecule is COc1cccc(OCc2c(C#N)nnn2CCO)c1. The van der Waals surface area contributed by atoms with E-state index in [4.69, 9.17) is 19.8 Å². The molecule has 7 nitrogen and oxygen atoms in total. The number of benzene rings is 1. The van der Waals surface area contributed by atoms with E-state index in [1.54, 1.807) is 19.2 Å². The fourth-order valence-electron chi connectivity index (χ4n) is 1.68. The second-order valence-electron chi connectivity index (χ2n) is 3.91. The maximum absolute atomic E-state index is 8.98. The number of rotatable bonds is 6. The summed E-state index contributed by atoms with van der Waals surface area (Å²) in [7, 11) is 1.58. The van der Waals surface area contributed by atoms with Gasteiger partial charge in [0.05, 0.1) is 20.3 Å². The van der Waals surface area contributed by atoms with E-state index in [2.05, 4.69) is 10.3 Å². The molecule has 104 valence electrons. The first-order chi connectivity index (χ1) is 9.78. The molecular weight excluding hydrogens is 260 g/mol. The van der Waals surface area contributed by atoms with Crippen LogP contribution in [0, 0.1) is 11.3 Å². The first-order valence-electron chi connectivity index (χ1n) is 5.98. The van der Waals surface area contributed by atoms with E-state index in [-0.39, 0.29) is 25.5 Å². The van der Waals surface area contributed by atoms with Crippen molar-refractivity contribution in [3.8, 4) is 17.6 Å². The van der Waals surface area contributed by atoms with Crippen LogP contribution in [0.3, 0.4) is 0 Å². The van der Waals surface area contributed by atoms with Crippen molar-refractivity contribution in [3.05, 3.63) is 35.7 Å². The monoisotopic (exact) mass is 274 g/mol. The summed E-state index contributed by atoms with van der Waals surface area (Å²) in [5.41, 5.74) is 0.728. The van der Waals surface area contributed by atoms with Gasteiger partial charge in [-0.15, -0.1) is 5.10 Å². The predicted molar refractivity (Wildman–Crippen MR) is 69.1 cm³/mol. The van der Waals surface area contributed by atoms with Crippen molar-refractivity contribution in [2.45, 2.75) is 13.2 Å². The third-order valence-corrected chi connectivity index (χ3v) is 2.67. The van der Waals surface area contributed by atoms with Crippen molar-refractivity contribution >= 4 is 0 Å². The first kappa shape index (κ1) is 13.8. The third kappa shape index (κ3) is 3.05. The molecule has 0 saturated carbocycles. The van der Waals surface area contributed by atoms with Crippen molar-refractivity contribution < 1.29 is 14.6 Å². The number of aromatic nitrogens is 3. The Morgan fingerprint density at radius 1 is 1.40 bits per heavy atom. The molecular formula is C13H14N4O3. The van der Waals surface area contributed by atoms with Crippen LogP contribution in [0.1, 0.15) is 11.4 Å². The molecule has 1 aromatic heterocycles. The zero-order chi connectivity index (χ0) is 14.4. The highest BCUT2D eigenvalue weighted by molar-refractivity contribution is 5.33. The van der Waals surface area contributed by atoms with Crippen LogP contribution in [0.25, 0.3) is 0 Å². The van der Waals surface area contributed by atoms with Gasteiger partial charge in [0.2, 0.25) is 0 Å². The average Bonchev–Trinajstić information content (AvgIpc) is 2.88. The number of nitrogens with zero attached hydrogens (tertiary/aromatic N) is 4. The molecule has 2 aromatic rings. The van der Waals surface area contributed by atoms with Gasteiger partial charge in [-0.25, -0.2) is 4.68 Å². The lowest BCUT2D eigenvalue weighted by atomic mass is 10.3. The zero-order valence-corrected chi connectivity index (χ0v) is 11.0. The summed E-state index contributed by atoms with van der Waals surface area (Å²) in [6.07, 6.45) is 0. The second kappa shape index (κ2) is 6.54. The molecule has 1 aromatic carbocycles. The molecule has 0 aliphatic carbocycles. The Balaban J connectivity index is 2.13. The van der Waals surface area contributed by atoms with Gasteiger partial charge in [-0.05, 0) is 12.1 Å². The summed E-state index contributed by atoms with van der Waals surface area (Å²) in [5, 5.41) is 25.5. The lowest BCUT2D eigenvalue weighted by Crippen LogP contribution is -2.11. The normalized spacial score (nSPS) is 10.1. The Bertz CT molecular complexity index is 618. The molecule has 0 atom stereocenters. The molecule has 0 amide bonds. The smallest absolute Gasteiger partial charge is 0.189 e. The summed E-state index contributed by atoms with van der Waals surface area (Å²) in [6.45, 7) is 0.328. The lowest BCUT2D eigenvalue weighted by molar-refractivity contribution is 0.251. The highest BCUT2D eigenvalue weighted by Gasteiger charge is 2.13. The molecule has 1 N–H and O–H groups in total. The van der Waals surface area contributed by atoms with E-state index in [0.29, 0.717) is 17.2 Å². The van der Waals surface area contributed by atoms with Crippen molar-refractivity contribution in [3.63, 3.8) is 0 Å². The minimum Gasteiger partial charge on any atom is -0.497 e. The highest BCUT2D eigenvalue weighted by atomic mass is 16.5. The standard InChI is InChI=1S/C13H14N4O3/c1-19-10-3-2-4-11(7-10)20-9-13-12(8-14)15-16-17(13)5-6-18/h2-4,7,18H,5-6,9H2,1H3. The fourth-order valence-corrected chi connectivity index (χ4v) is 1.68. The number of aliphatic hydroxyl groups excluding tert-OH is 1. The van der Waals surface area contributed by atoms with Gasteiger partial charge in [0.1, 0.15) is 29.9 Å². The average molecular weight is 274 g/mol. The van der Waals surface area contributed by atoms with E-state index >= 15 is 0 Å². The molecule has 0 unspecified atom stereocenters. The summed E-state index contributed by atoms with van der Waals surface area (Å²) in [6, 6.07) is 9.10. The van der Waals surface area contributed by atoms with Crippen molar-refractivity contribution in [1.82, 2.24) is 15.0 Å². The van der Waals surface area contributed by atoms with E-state index < -0.39 is 0 Å². The molecule has 0 radical (unpaired) electrons. The number of methoxy groups -OCH3 is 1. The Kier molecular flexibility index (Phi) is 4.52. The second-order valence-corrected chi connectivity index (χ2v) is 3.91. The van der Waals surface area contributed by atoms with Crippen molar-refractivity contribution in [1.29, 1.82) is 5.26 Å². The van der Waals surface area contributed by atoms with Gasteiger partial charge < -0.3 is 14.6 Å². The molecule has 0 aliphatic heterocycles. The lowest BCUT2D eigenvalue weighted by Gasteiger charge is -2.08. The molecule has 0 spiro atoms. The number of nitriles is 1. The van der Waals surface area contributed by atoms with Crippen molar-refractivity contribution in [2.24, 2.45) is 0 Å². The molecule has 1 heterocycles. The van der Waals surface area contributed by atoms with Gasteiger partial charge in [-0.1, -0.05) is 11.3 Å². The van der Waals surface area contributed by atoms with Crippen LogP contribution in [-0.2, 0) is 13.2 Å². The van der Waals surface area contributed by atoms with E-state index in [0.717, 1.165) is 0 Å². The Hall–Kier alpha value is -2.59. The molecule has 0 aliphatic rings. The van der Waals surface area contributed by atoms with Crippen LogP contribution in [0.15, 0.2) is 24.3 Å². The summed E-state index contributed by atoms with van der Waals surface area (Å²) >= 11 is 0. The largest absolute Gasteiger partial charge is 0.497 e. The summed E-state index contributed by atoms with van der Waals surface area (Å²) in [4.78, 5) is 0. The van der Waals surface area contributed by atoms with E-state index in [1.807, 2.05) is 18.2 Å². The van der Waals surface area contributed by atoms with Gasteiger partial charge in [-0.3, -0.25) is 0 Å². The van der Waals surface area contributed by atoms with Crippen LogP contribution >= 0.6 is 0 Å². The van der Waals surface area contributed by atoms with Crippen LogP contribution < -0.4 is 9.47 Å². The van der Waals surface area contributed by atoms with Gasteiger partial charge >= 0.3 is 0 Å². The Morgan fingerprint density at radius 3 is 2.90 bits per heavy atom. The number of hydrogen-bond donors (Lipinski definition) is 1. The summed E-state index contributed by atoms with van der Waals surface area (Å²) < 4.78 is 12.2. The first-order valence-corrected chi connectivity index (χ1v) is 5.98. The quantitative estimate of drug-likeness (QED) is 0.834. The van der Waals surface area contributed by atoms with Gasteiger partial charge in [-0.2, -0.15) is 5.26 Å². The minimum absolute atomic E-state index is 0.0829. The van der Waals surface area contributed by atoms with Crippen LogP contribution in [0.5, 0.6) is 11.5 Å². The van der Waals surface area contributed by atoms with Gasteiger partial charge in [0, 0.05) is 6.07 Å². The van der Waals surface area contributed by atoms with E-state index in [9.17, 15) is 0 Å². The predicted octanol–water partition coefficient (Wildman–Crippen LogP) is 0.730. The van der Waals surface area contributed by atoms with Crippen LogP contribution in [0.4, 0.5) is 0 Å². The molecule has 20 heavy (non-hydrogen) atoms. The summed E-state index contributed by atoms with van der Waals surface area (Å²) in [5.74, 6) is 1.30. The number of aliphatic hydroxyl groups is 1. The molecule has 7 heteroatoms. The molecule has 0 fully saturated rings. The Labute approximate surface area is 116 Å². The highest BCUT2D eigenvalue weighted by Crippen LogP contribution is 2.20. The topological polar surface area (TPSA) is 93.2 Å². The third-order valence-electron chi connectivity index (χ3n) is 2.67. The fraction of sp³-hybridized carbons (Fsp3) is 0.308. The van der Waals surface area contributed by atoms with Gasteiger partial charge in [0.25, 0.3) is 0 Å². The molecule has 0 bridgehead atoms. The van der Waals surface area contributed by atoms with Crippen molar-refractivity contribution in [2.75, 3.05) is 13.7 Å². The molecule has 2 rings (SSSR count). The van der Waals surface area contributed by atoms with Gasteiger partial charge in [0.15, 0.2) is 5.69 Å². The zero-order valence-electron chi connectivity index (χ0n) is 11.0. The maximum atomic E-state index is 8.98.